The lowest BCUT2D eigenvalue weighted by Gasteiger charge is -2.14. The van der Waals surface area contributed by atoms with Gasteiger partial charge in [-0.05, 0) is 30.2 Å². The maximum atomic E-state index is 5.66. The molecule has 0 saturated carbocycles. The molecule has 20 heavy (non-hydrogen) atoms. The topological polar surface area (TPSA) is 25.0 Å². The maximum absolute atomic E-state index is 5.66. The van der Waals surface area contributed by atoms with Crippen molar-refractivity contribution < 1.29 is 4.74 Å². The van der Waals surface area contributed by atoms with Gasteiger partial charge in [-0.15, -0.1) is 0 Å². The van der Waals surface area contributed by atoms with E-state index in [1.54, 1.807) is 7.11 Å². The summed E-state index contributed by atoms with van der Waals surface area (Å²) in [6, 6.07) is 16.2. The summed E-state index contributed by atoms with van der Waals surface area (Å²) in [5.41, 5.74) is 4.24. The first kappa shape index (κ1) is 12.9. The predicted molar refractivity (Wildman–Crippen MR) is 85.9 cm³/mol. The minimum absolute atomic E-state index is 0.704. The number of fused-ring (bicyclic) bond motifs is 1. The van der Waals surface area contributed by atoms with Crippen LogP contribution in [0.4, 0.5) is 0 Å². The van der Waals surface area contributed by atoms with E-state index in [4.69, 9.17) is 17.0 Å². The van der Waals surface area contributed by atoms with Gasteiger partial charge in [-0.25, -0.2) is 0 Å². The average Bonchev–Trinajstić information content (AvgIpc) is 2.47. The van der Waals surface area contributed by atoms with E-state index < -0.39 is 0 Å². The Balaban J connectivity index is 2.45. The van der Waals surface area contributed by atoms with Crippen LogP contribution in [0.5, 0.6) is 5.75 Å². The van der Waals surface area contributed by atoms with Gasteiger partial charge in [0.25, 0.3) is 0 Å². The SMILES string of the molecule is COc1c(-c2ccccc2C)c(=S)[nH]c2ccccc12. The summed E-state index contributed by atoms with van der Waals surface area (Å²) in [6.07, 6.45) is 0. The second-order valence-electron chi connectivity index (χ2n) is 4.72. The summed E-state index contributed by atoms with van der Waals surface area (Å²) in [7, 11) is 1.69. The highest BCUT2D eigenvalue weighted by molar-refractivity contribution is 7.71. The van der Waals surface area contributed by atoms with Gasteiger partial charge in [-0.2, -0.15) is 0 Å². The molecule has 0 aliphatic rings. The highest BCUT2D eigenvalue weighted by atomic mass is 32.1. The molecule has 100 valence electrons. The molecule has 0 atom stereocenters. The third-order valence-electron chi connectivity index (χ3n) is 3.49. The maximum Gasteiger partial charge on any atom is 0.138 e. The highest BCUT2D eigenvalue weighted by Gasteiger charge is 2.14. The molecule has 3 rings (SSSR count). The summed E-state index contributed by atoms with van der Waals surface area (Å²) in [5.74, 6) is 0.832. The molecular weight excluding hydrogens is 266 g/mol. The molecule has 1 N–H and O–H groups in total. The second kappa shape index (κ2) is 5.10. The van der Waals surface area contributed by atoms with Gasteiger partial charge in [0.1, 0.15) is 10.4 Å². The Bertz CT molecular complexity index is 836. The van der Waals surface area contributed by atoms with E-state index in [2.05, 4.69) is 24.0 Å². The molecule has 2 nitrogen and oxygen atoms in total. The summed E-state index contributed by atoms with van der Waals surface area (Å²) in [6.45, 7) is 2.08. The molecule has 3 aromatic rings. The van der Waals surface area contributed by atoms with Gasteiger partial charge in [-0.1, -0.05) is 48.6 Å². The van der Waals surface area contributed by atoms with Crippen LogP contribution in [0.25, 0.3) is 22.0 Å². The number of ether oxygens (including phenoxy) is 1. The zero-order valence-corrected chi connectivity index (χ0v) is 12.3. The van der Waals surface area contributed by atoms with Crippen LogP contribution in [0.1, 0.15) is 5.56 Å². The molecule has 0 fully saturated rings. The monoisotopic (exact) mass is 281 g/mol. The van der Waals surface area contributed by atoms with Gasteiger partial charge in [0.2, 0.25) is 0 Å². The molecular formula is C17H15NOS. The van der Waals surface area contributed by atoms with Crippen molar-refractivity contribution in [2.45, 2.75) is 6.92 Å². The molecule has 1 aromatic heterocycles. The van der Waals surface area contributed by atoms with Gasteiger partial charge >= 0.3 is 0 Å². The smallest absolute Gasteiger partial charge is 0.138 e. The summed E-state index contributed by atoms with van der Waals surface area (Å²) < 4.78 is 6.37. The molecule has 0 spiro atoms. The van der Waals surface area contributed by atoms with Crippen LogP contribution < -0.4 is 4.74 Å². The van der Waals surface area contributed by atoms with Crippen molar-refractivity contribution in [1.82, 2.24) is 4.98 Å². The number of benzene rings is 2. The standard InChI is InChI=1S/C17H15NOS/c1-11-7-3-4-8-12(11)15-16(19-2)13-9-5-6-10-14(13)18-17(15)20/h3-10H,1-2H3,(H,18,20). The van der Waals surface area contributed by atoms with E-state index >= 15 is 0 Å². The van der Waals surface area contributed by atoms with Crippen molar-refractivity contribution in [3.63, 3.8) is 0 Å². The first-order valence-electron chi connectivity index (χ1n) is 6.47. The normalized spacial score (nSPS) is 10.7. The molecule has 3 heteroatoms. The number of rotatable bonds is 2. The minimum Gasteiger partial charge on any atom is -0.495 e. The largest absolute Gasteiger partial charge is 0.495 e. The Morgan fingerprint density at radius 3 is 2.45 bits per heavy atom. The first-order valence-corrected chi connectivity index (χ1v) is 6.88. The highest BCUT2D eigenvalue weighted by Crippen LogP contribution is 2.37. The van der Waals surface area contributed by atoms with Crippen LogP contribution in [-0.2, 0) is 0 Å². The summed E-state index contributed by atoms with van der Waals surface area (Å²) in [5, 5.41) is 1.04. The number of nitrogens with one attached hydrogen (secondary N) is 1. The second-order valence-corrected chi connectivity index (χ2v) is 5.13. The Morgan fingerprint density at radius 2 is 1.70 bits per heavy atom. The van der Waals surface area contributed by atoms with Crippen molar-refractivity contribution in [2.75, 3.05) is 7.11 Å². The lowest BCUT2D eigenvalue weighted by atomic mass is 9.99. The average molecular weight is 281 g/mol. The number of aromatic nitrogens is 1. The number of hydrogen-bond donors (Lipinski definition) is 1. The Hall–Kier alpha value is -2.13. The Kier molecular flexibility index (Phi) is 3.28. The van der Waals surface area contributed by atoms with E-state index in [0.717, 1.165) is 27.8 Å². The number of aryl methyl sites for hydroxylation is 1. The minimum atomic E-state index is 0.704. The lowest BCUT2D eigenvalue weighted by molar-refractivity contribution is 0.421. The van der Waals surface area contributed by atoms with Crippen molar-refractivity contribution in [2.24, 2.45) is 0 Å². The van der Waals surface area contributed by atoms with Crippen LogP contribution in [0.2, 0.25) is 0 Å². The van der Waals surface area contributed by atoms with Gasteiger partial charge in [0.15, 0.2) is 0 Å². The number of aromatic amines is 1. The van der Waals surface area contributed by atoms with Crippen molar-refractivity contribution in [1.29, 1.82) is 0 Å². The predicted octanol–water partition coefficient (Wildman–Crippen LogP) is 4.88. The molecule has 0 saturated heterocycles. The van der Waals surface area contributed by atoms with E-state index in [1.807, 2.05) is 36.4 Å². The Morgan fingerprint density at radius 1 is 1.00 bits per heavy atom. The zero-order valence-electron chi connectivity index (χ0n) is 11.4. The van der Waals surface area contributed by atoms with Crippen molar-refractivity contribution in [3.8, 4) is 16.9 Å². The quantitative estimate of drug-likeness (QED) is 0.677. The van der Waals surface area contributed by atoms with Crippen molar-refractivity contribution in [3.05, 3.63) is 58.7 Å². The number of H-pyrrole nitrogens is 1. The molecule has 0 aliphatic heterocycles. The summed E-state index contributed by atoms with van der Waals surface area (Å²) >= 11 is 5.54. The van der Waals surface area contributed by atoms with E-state index in [0.29, 0.717) is 4.64 Å². The number of methoxy groups -OCH3 is 1. The van der Waals surface area contributed by atoms with Crippen molar-refractivity contribution >= 4 is 23.1 Å². The van der Waals surface area contributed by atoms with Gasteiger partial charge < -0.3 is 9.72 Å². The van der Waals surface area contributed by atoms with Crippen LogP contribution in [0.15, 0.2) is 48.5 Å². The van der Waals surface area contributed by atoms with E-state index in [-0.39, 0.29) is 0 Å². The third-order valence-corrected chi connectivity index (χ3v) is 3.80. The summed E-state index contributed by atoms with van der Waals surface area (Å²) in [4.78, 5) is 3.29. The fraction of sp³-hybridized carbons (Fsp3) is 0.118. The third kappa shape index (κ3) is 2.00. The van der Waals surface area contributed by atoms with Crippen LogP contribution in [0.3, 0.4) is 0 Å². The number of para-hydroxylation sites is 1. The van der Waals surface area contributed by atoms with Crippen LogP contribution in [0, 0.1) is 11.6 Å². The fourth-order valence-corrected chi connectivity index (χ4v) is 2.84. The number of pyridine rings is 1. The zero-order chi connectivity index (χ0) is 14.1. The number of hydrogen-bond acceptors (Lipinski definition) is 2. The Labute approximate surface area is 123 Å². The molecule has 0 radical (unpaired) electrons. The first-order chi connectivity index (χ1) is 9.72. The van der Waals surface area contributed by atoms with Crippen LogP contribution in [-0.4, -0.2) is 12.1 Å². The fourth-order valence-electron chi connectivity index (χ4n) is 2.52. The van der Waals surface area contributed by atoms with Crippen LogP contribution >= 0.6 is 12.2 Å². The molecule has 2 aromatic carbocycles. The molecule has 0 bridgehead atoms. The van der Waals surface area contributed by atoms with E-state index in [1.165, 1.54) is 5.56 Å². The van der Waals surface area contributed by atoms with Gasteiger partial charge in [0, 0.05) is 5.39 Å². The molecule has 0 unspecified atom stereocenters. The van der Waals surface area contributed by atoms with Gasteiger partial charge in [0.05, 0.1) is 18.2 Å². The molecule has 0 amide bonds. The van der Waals surface area contributed by atoms with E-state index in [9.17, 15) is 0 Å². The molecule has 1 heterocycles. The lowest BCUT2D eigenvalue weighted by Crippen LogP contribution is -1.95. The van der Waals surface area contributed by atoms with Gasteiger partial charge in [-0.3, -0.25) is 0 Å². The molecule has 0 aliphatic carbocycles.